The molecule has 0 unspecified atom stereocenters. The molecule has 0 spiro atoms. The zero-order valence-electron chi connectivity index (χ0n) is 20.3. The third-order valence-corrected chi connectivity index (χ3v) is 6.57. The Morgan fingerprint density at radius 1 is 0.857 bits per heavy atom. The molecule has 3 aromatic rings. The maximum absolute atomic E-state index is 13.8. The van der Waals surface area contributed by atoms with Crippen molar-refractivity contribution >= 4 is 17.6 Å². The van der Waals surface area contributed by atoms with Gasteiger partial charge in [0.15, 0.2) is 0 Å². The van der Waals surface area contributed by atoms with Crippen molar-refractivity contribution in [1.82, 2.24) is 15.2 Å². The first kappa shape index (κ1) is 24.4. The topological polar surface area (TPSA) is 81.9 Å². The van der Waals surface area contributed by atoms with Crippen LogP contribution in [0.3, 0.4) is 0 Å². The van der Waals surface area contributed by atoms with Crippen molar-refractivity contribution in [2.75, 3.05) is 18.0 Å². The summed E-state index contributed by atoms with van der Waals surface area (Å²) in [5.41, 5.74) is 5.67. The minimum atomic E-state index is -0.344. The zero-order chi connectivity index (χ0) is 24.8. The fourth-order valence-corrected chi connectivity index (χ4v) is 4.69. The van der Waals surface area contributed by atoms with Crippen LogP contribution in [-0.4, -0.2) is 46.9 Å². The normalized spacial score (nSPS) is 18.2. The summed E-state index contributed by atoms with van der Waals surface area (Å²) in [7, 11) is 0. The minimum Gasteiger partial charge on any atom is -0.321 e. The van der Waals surface area contributed by atoms with E-state index >= 15 is 0 Å². The fourth-order valence-electron chi connectivity index (χ4n) is 4.69. The van der Waals surface area contributed by atoms with Crippen molar-refractivity contribution in [2.45, 2.75) is 39.0 Å². The Morgan fingerprint density at radius 2 is 1.43 bits per heavy atom. The van der Waals surface area contributed by atoms with Crippen LogP contribution in [0.2, 0.25) is 0 Å². The molecule has 7 heteroatoms. The van der Waals surface area contributed by atoms with Crippen LogP contribution in [0, 0.1) is 0 Å². The van der Waals surface area contributed by atoms with E-state index in [1.165, 1.54) is 5.56 Å². The standard InChI is InChI=1S/C28H33N5O2/c1-21-17-31(18-22(2)32(21)19-23-9-5-3-6-10-23)28(35)33(26-11-7-4-8-12-26)20-24-13-15-25(16-14-24)27(34)30-29/h3-16,21-22H,17-20,29H2,1-2H3,(H,30,34)/t21-,22+. The number of nitrogens with two attached hydrogens (primary N) is 1. The number of piperazine rings is 1. The minimum absolute atomic E-state index is 0.0157. The van der Waals surface area contributed by atoms with Gasteiger partial charge in [-0.3, -0.25) is 20.0 Å². The van der Waals surface area contributed by atoms with Crippen molar-refractivity contribution in [1.29, 1.82) is 0 Å². The predicted octanol–water partition coefficient (Wildman–Crippen LogP) is 4.01. The Kier molecular flexibility index (Phi) is 7.80. The van der Waals surface area contributed by atoms with Crippen molar-refractivity contribution in [3.8, 4) is 0 Å². The molecule has 1 aliphatic heterocycles. The molecule has 2 atom stereocenters. The highest BCUT2D eigenvalue weighted by atomic mass is 16.2. The van der Waals surface area contributed by atoms with Gasteiger partial charge in [-0.25, -0.2) is 10.6 Å². The first-order chi connectivity index (χ1) is 17.0. The molecular formula is C28H33N5O2. The Labute approximate surface area is 207 Å². The Balaban J connectivity index is 1.51. The van der Waals surface area contributed by atoms with Gasteiger partial charge in [-0.1, -0.05) is 60.7 Å². The van der Waals surface area contributed by atoms with Crippen LogP contribution < -0.4 is 16.2 Å². The van der Waals surface area contributed by atoms with E-state index in [-0.39, 0.29) is 24.0 Å². The molecule has 1 heterocycles. The number of amides is 3. The van der Waals surface area contributed by atoms with E-state index in [0.29, 0.717) is 25.2 Å². The second-order valence-electron chi connectivity index (χ2n) is 9.14. The third kappa shape index (κ3) is 5.88. The van der Waals surface area contributed by atoms with Gasteiger partial charge in [0.25, 0.3) is 5.91 Å². The molecule has 0 aromatic heterocycles. The number of anilines is 1. The van der Waals surface area contributed by atoms with Gasteiger partial charge in [0.2, 0.25) is 0 Å². The molecule has 4 rings (SSSR count). The van der Waals surface area contributed by atoms with Crippen LogP contribution in [0.4, 0.5) is 10.5 Å². The number of nitrogens with one attached hydrogen (secondary N) is 1. The van der Waals surface area contributed by atoms with Crippen molar-refractivity contribution in [3.05, 3.63) is 102 Å². The highest BCUT2D eigenvalue weighted by Crippen LogP contribution is 2.24. The Morgan fingerprint density at radius 3 is 2.00 bits per heavy atom. The van der Waals surface area contributed by atoms with E-state index in [1.54, 1.807) is 12.1 Å². The number of para-hydroxylation sites is 1. The van der Waals surface area contributed by atoms with Crippen LogP contribution in [-0.2, 0) is 13.1 Å². The molecule has 0 saturated carbocycles. The molecule has 35 heavy (non-hydrogen) atoms. The number of rotatable bonds is 6. The summed E-state index contributed by atoms with van der Waals surface area (Å²) in [5, 5.41) is 0. The molecule has 0 radical (unpaired) electrons. The molecule has 182 valence electrons. The highest BCUT2D eigenvalue weighted by Gasteiger charge is 2.34. The van der Waals surface area contributed by atoms with Crippen LogP contribution in [0.15, 0.2) is 84.9 Å². The van der Waals surface area contributed by atoms with Gasteiger partial charge in [0, 0.05) is 43.0 Å². The monoisotopic (exact) mass is 471 g/mol. The van der Waals surface area contributed by atoms with Crippen molar-refractivity contribution < 1.29 is 9.59 Å². The number of hydrogen-bond donors (Lipinski definition) is 2. The number of urea groups is 1. The van der Waals surface area contributed by atoms with Gasteiger partial charge in [-0.2, -0.15) is 0 Å². The quantitative estimate of drug-likeness (QED) is 0.323. The molecule has 1 saturated heterocycles. The number of carbonyl (C=O) groups excluding carboxylic acids is 2. The first-order valence-electron chi connectivity index (χ1n) is 12.0. The van der Waals surface area contributed by atoms with Gasteiger partial charge in [-0.15, -0.1) is 0 Å². The SMILES string of the molecule is C[C@@H]1CN(C(=O)N(Cc2ccc(C(=O)NN)cc2)c2ccccc2)C[C@H](C)N1Cc1ccccc1. The number of benzene rings is 3. The van der Waals surface area contributed by atoms with Gasteiger partial charge in [-0.05, 0) is 49.2 Å². The largest absolute Gasteiger partial charge is 0.324 e. The third-order valence-electron chi connectivity index (χ3n) is 6.57. The first-order valence-corrected chi connectivity index (χ1v) is 12.0. The molecule has 1 fully saturated rings. The molecule has 3 aromatic carbocycles. The predicted molar refractivity (Wildman–Crippen MR) is 139 cm³/mol. The molecule has 0 bridgehead atoms. The van der Waals surface area contributed by atoms with E-state index in [1.807, 2.05) is 58.3 Å². The average molecular weight is 472 g/mol. The van der Waals surface area contributed by atoms with Crippen LogP contribution >= 0.6 is 0 Å². The van der Waals surface area contributed by atoms with E-state index < -0.39 is 0 Å². The lowest BCUT2D eigenvalue weighted by Crippen LogP contribution is -2.59. The van der Waals surface area contributed by atoms with Crippen LogP contribution in [0.1, 0.15) is 35.3 Å². The number of nitrogens with zero attached hydrogens (tertiary/aromatic N) is 3. The van der Waals surface area contributed by atoms with E-state index in [2.05, 4.69) is 48.4 Å². The summed E-state index contributed by atoms with van der Waals surface area (Å²) in [4.78, 5) is 31.8. The molecule has 1 aliphatic rings. The van der Waals surface area contributed by atoms with Gasteiger partial charge >= 0.3 is 6.03 Å². The average Bonchev–Trinajstić information content (AvgIpc) is 2.90. The summed E-state index contributed by atoms with van der Waals surface area (Å²) in [5.74, 6) is 4.89. The van der Waals surface area contributed by atoms with Gasteiger partial charge in [0.05, 0.1) is 6.54 Å². The highest BCUT2D eigenvalue weighted by molar-refractivity contribution is 5.94. The van der Waals surface area contributed by atoms with Gasteiger partial charge < -0.3 is 4.90 Å². The van der Waals surface area contributed by atoms with E-state index in [0.717, 1.165) is 17.8 Å². The van der Waals surface area contributed by atoms with E-state index in [9.17, 15) is 9.59 Å². The van der Waals surface area contributed by atoms with Gasteiger partial charge in [0.1, 0.15) is 0 Å². The summed E-state index contributed by atoms with van der Waals surface area (Å²) in [6.45, 7) is 6.97. The summed E-state index contributed by atoms with van der Waals surface area (Å²) in [6, 6.07) is 27.8. The lowest BCUT2D eigenvalue weighted by atomic mass is 10.1. The maximum atomic E-state index is 13.8. The number of nitrogen functional groups attached to an aromatic ring is 1. The second-order valence-corrected chi connectivity index (χ2v) is 9.14. The maximum Gasteiger partial charge on any atom is 0.324 e. The van der Waals surface area contributed by atoms with E-state index in [4.69, 9.17) is 5.84 Å². The summed E-state index contributed by atoms with van der Waals surface area (Å²) >= 11 is 0. The Hall–Kier alpha value is -3.68. The summed E-state index contributed by atoms with van der Waals surface area (Å²) in [6.07, 6.45) is 0. The van der Waals surface area contributed by atoms with Crippen LogP contribution in [0.5, 0.6) is 0 Å². The lowest BCUT2D eigenvalue weighted by Gasteiger charge is -2.45. The Bertz CT molecular complexity index is 1110. The van der Waals surface area contributed by atoms with Crippen LogP contribution in [0.25, 0.3) is 0 Å². The number of carbonyl (C=O) groups is 2. The zero-order valence-corrected chi connectivity index (χ0v) is 20.3. The number of hydrogen-bond acceptors (Lipinski definition) is 4. The lowest BCUT2D eigenvalue weighted by molar-refractivity contribution is 0.0508. The summed E-state index contributed by atoms with van der Waals surface area (Å²) < 4.78 is 0. The number of hydrazine groups is 1. The molecule has 3 N–H and O–H groups in total. The molecule has 7 nitrogen and oxygen atoms in total. The van der Waals surface area contributed by atoms with Crippen molar-refractivity contribution in [2.24, 2.45) is 5.84 Å². The smallest absolute Gasteiger partial charge is 0.321 e. The molecular weight excluding hydrogens is 438 g/mol. The second kappa shape index (κ2) is 11.2. The van der Waals surface area contributed by atoms with Crippen molar-refractivity contribution in [3.63, 3.8) is 0 Å². The molecule has 0 aliphatic carbocycles. The fraction of sp³-hybridized carbons (Fsp3) is 0.286. The molecule has 3 amide bonds.